The lowest BCUT2D eigenvalue weighted by Crippen LogP contribution is -2.59. The number of aryl methyl sites for hydroxylation is 1. The first kappa shape index (κ1) is 32.6. The van der Waals surface area contributed by atoms with Crippen LogP contribution in [-0.2, 0) is 6.42 Å². The summed E-state index contributed by atoms with van der Waals surface area (Å²) in [5.74, 6) is 3.33. The maximum absolute atomic E-state index is 11.3. The van der Waals surface area contributed by atoms with Crippen LogP contribution in [0.25, 0.3) is 16.6 Å². The van der Waals surface area contributed by atoms with Crippen LogP contribution in [0.4, 0.5) is 11.4 Å². The number of nitrogens with zero attached hydrogens (tertiary/aromatic N) is 4. The average Bonchev–Trinajstić information content (AvgIpc) is 3.47. The number of nitrogens with one attached hydrogen (secondary N) is 1. The SMILES string of the molecule is CCc1cc(O[Si](C)(C)C(C)(C)C)ccc1N=C(N)c1cnn2cc(-c3ccc(OC)nc3)cc2c1NC1[C@@H]2CC3C[C@H]1CC(O)(C3)C2. The second-order valence-electron chi connectivity index (χ2n) is 15.9. The van der Waals surface area contributed by atoms with E-state index in [2.05, 4.69) is 63.2 Å². The normalized spacial score (nSPS) is 25.5. The van der Waals surface area contributed by atoms with Gasteiger partial charge in [-0.2, -0.15) is 5.10 Å². The first-order valence-electron chi connectivity index (χ1n) is 17.4. The molecule has 4 fully saturated rings. The Morgan fingerprint density at radius 2 is 1.83 bits per heavy atom. The molecule has 4 aliphatic rings. The van der Waals surface area contributed by atoms with E-state index in [4.69, 9.17) is 25.0 Å². The summed E-state index contributed by atoms with van der Waals surface area (Å²) in [6, 6.07) is 12.4. The van der Waals surface area contributed by atoms with Gasteiger partial charge in [0.2, 0.25) is 14.2 Å². The highest BCUT2D eigenvalue weighted by molar-refractivity contribution is 6.74. The molecular formula is C38H50N6O3Si. The Morgan fingerprint density at radius 1 is 1.08 bits per heavy atom. The topological polar surface area (TPSA) is 119 Å². The molecule has 8 rings (SSSR count). The maximum atomic E-state index is 11.3. The molecule has 0 spiro atoms. The van der Waals surface area contributed by atoms with Gasteiger partial charge in [0, 0.05) is 35.6 Å². The van der Waals surface area contributed by atoms with Gasteiger partial charge in [0.25, 0.3) is 0 Å². The monoisotopic (exact) mass is 666 g/mol. The van der Waals surface area contributed by atoms with Crippen LogP contribution in [0.3, 0.4) is 0 Å². The Labute approximate surface area is 285 Å². The number of ether oxygens (including phenoxy) is 1. The zero-order valence-corrected chi connectivity index (χ0v) is 30.4. The minimum Gasteiger partial charge on any atom is -0.543 e. The number of amidine groups is 1. The Morgan fingerprint density at radius 3 is 2.46 bits per heavy atom. The summed E-state index contributed by atoms with van der Waals surface area (Å²) < 4.78 is 13.8. The third-order valence-corrected chi connectivity index (χ3v) is 16.0. The van der Waals surface area contributed by atoms with Crippen LogP contribution in [-0.4, -0.2) is 52.6 Å². The number of nitrogens with two attached hydrogens (primary N) is 1. The van der Waals surface area contributed by atoms with Gasteiger partial charge in [-0.15, -0.1) is 0 Å². The van der Waals surface area contributed by atoms with E-state index in [0.29, 0.717) is 29.5 Å². The number of anilines is 1. The van der Waals surface area contributed by atoms with Crippen LogP contribution >= 0.6 is 0 Å². The van der Waals surface area contributed by atoms with Crippen LogP contribution in [0.1, 0.15) is 70.9 Å². The van der Waals surface area contributed by atoms with Crippen molar-refractivity contribution in [2.75, 3.05) is 12.4 Å². The lowest BCUT2D eigenvalue weighted by molar-refractivity contribution is -0.129. The predicted octanol–water partition coefficient (Wildman–Crippen LogP) is 7.74. The Bertz CT molecular complexity index is 1840. The molecule has 5 atom stereocenters. The molecule has 48 heavy (non-hydrogen) atoms. The van der Waals surface area contributed by atoms with Gasteiger partial charge in [-0.25, -0.2) is 14.5 Å². The van der Waals surface area contributed by atoms with Crippen LogP contribution in [0.15, 0.2) is 60.0 Å². The summed E-state index contributed by atoms with van der Waals surface area (Å²) in [4.78, 5) is 9.46. The van der Waals surface area contributed by atoms with Gasteiger partial charge < -0.3 is 25.3 Å². The molecule has 4 aromatic rings. The van der Waals surface area contributed by atoms with Crippen molar-refractivity contribution in [3.63, 3.8) is 0 Å². The van der Waals surface area contributed by atoms with Crippen LogP contribution < -0.4 is 20.2 Å². The molecule has 4 saturated carbocycles. The van der Waals surface area contributed by atoms with Crippen molar-refractivity contribution >= 4 is 31.0 Å². The van der Waals surface area contributed by atoms with Gasteiger partial charge in [-0.1, -0.05) is 27.7 Å². The van der Waals surface area contributed by atoms with E-state index < -0.39 is 13.9 Å². The number of hydrogen-bond donors (Lipinski definition) is 3. The van der Waals surface area contributed by atoms with Gasteiger partial charge in [0.15, 0.2) is 0 Å². The van der Waals surface area contributed by atoms with Crippen LogP contribution in [0, 0.1) is 17.8 Å². The lowest BCUT2D eigenvalue weighted by Gasteiger charge is -2.58. The third kappa shape index (κ3) is 5.98. The maximum Gasteiger partial charge on any atom is 0.250 e. The quantitative estimate of drug-likeness (QED) is 0.0950. The first-order chi connectivity index (χ1) is 22.8. The molecule has 0 amide bonds. The number of aromatic nitrogens is 3. The summed E-state index contributed by atoms with van der Waals surface area (Å²) in [5, 5.41) is 20.2. The second kappa shape index (κ2) is 11.9. The minimum atomic E-state index is -1.99. The fourth-order valence-electron chi connectivity index (χ4n) is 8.27. The van der Waals surface area contributed by atoms with Crippen molar-refractivity contribution < 1.29 is 14.3 Å². The van der Waals surface area contributed by atoms with Crippen molar-refractivity contribution in [3.8, 4) is 22.8 Å². The number of aliphatic imine (C=N–C) groups is 1. The molecule has 10 heteroatoms. The van der Waals surface area contributed by atoms with E-state index in [9.17, 15) is 5.11 Å². The van der Waals surface area contributed by atoms with E-state index in [1.807, 2.05) is 47.4 Å². The second-order valence-corrected chi connectivity index (χ2v) is 20.7. The Hall–Kier alpha value is -3.89. The summed E-state index contributed by atoms with van der Waals surface area (Å²) >= 11 is 0. The molecule has 4 N–H and O–H groups in total. The first-order valence-corrected chi connectivity index (χ1v) is 20.3. The number of methoxy groups -OCH3 is 1. The summed E-state index contributed by atoms with van der Waals surface area (Å²) in [6.45, 7) is 13.4. The minimum absolute atomic E-state index is 0.104. The van der Waals surface area contributed by atoms with Crippen molar-refractivity contribution in [2.24, 2.45) is 28.5 Å². The van der Waals surface area contributed by atoms with E-state index in [0.717, 1.165) is 83.4 Å². The number of rotatable bonds is 9. The molecule has 0 saturated heterocycles. The molecule has 3 heterocycles. The van der Waals surface area contributed by atoms with Gasteiger partial charge in [0.1, 0.15) is 11.6 Å². The predicted molar refractivity (Wildman–Crippen MR) is 195 cm³/mol. The molecule has 0 aliphatic heterocycles. The zero-order valence-electron chi connectivity index (χ0n) is 29.4. The van der Waals surface area contributed by atoms with Gasteiger partial charge >= 0.3 is 0 Å². The Balaban J connectivity index is 1.28. The van der Waals surface area contributed by atoms with Gasteiger partial charge in [0.05, 0.1) is 41.4 Å². The summed E-state index contributed by atoms with van der Waals surface area (Å²) in [6.07, 6.45) is 11.4. The molecule has 3 aromatic heterocycles. The Kier molecular flexibility index (Phi) is 8.10. The largest absolute Gasteiger partial charge is 0.543 e. The van der Waals surface area contributed by atoms with Gasteiger partial charge in [-0.05, 0) is 110 Å². The standard InChI is InChI=1S/C38H50N6O3Si/c1-8-24-15-29(47-48(6,7)37(2,3)4)10-11-31(24)42-36(39)30-21-41-44-22-28(25-9-12-33(46-5)40-20-25)16-32(44)35(30)43-34-26-13-23-14-27(34)19-38(45,17-23)18-26/h9-12,15-16,20-23,26-27,34,43,45H,8,13-14,17-19H2,1-7H3,(H2,39,42)/t23?,26-,27+,34?,38?. The van der Waals surface area contributed by atoms with Crippen LogP contribution in [0.2, 0.25) is 18.1 Å². The molecule has 9 nitrogen and oxygen atoms in total. The third-order valence-electron chi connectivity index (χ3n) is 11.6. The highest BCUT2D eigenvalue weighted by atomic mass is 28.4. The van der Waals surface area contributed by atoms with Crippen molar-refractivity contribution in [1.29, 1.82) is 0 Å². The number of fused-ring (bicyclic) bond motifs is 1. The zero-order chi connectivity index (χ0) is 34.0. The van der Waals surface area contributed by atoms with E-state index in [-0.39, 0.29) is 11.1 Å². The molecule has 4 bridgehead atoms. The average molecular weight is 667 g/mol. The highest BCUT2D eigenvalue weighted by Crippen LogP contribution is 2.56. The smallest absolute Gasteiger partial charge is 0.250 e. The summed E-state index contributed by atoms with van der Waals surface area (Å²) in [5.41, 5.74) is 12.9. The van der Waals surface area contributed by atoms with Crippen molar-refractivity contribution in [2.45, 2.75) is 96.0 Å². The fourth-order valence-corrected chi connectivity index (χ4v) is 9.29. The number of pyridine rings is 1. The molecule has 4 aliphatic carbocycles. The molecule has 3 unspecified atom stereocenters. The van der Waals surface area contributed by atoms with E-state index >= 15 is 0 Å². The molecular weight excluding hydrogens is 617 g/mol. The number of benzene rings is 1. The number of aliphatic hydroxyl groups is 1. The molecule has 0 radical (unpaired) electrons. The summed E-state index contributed by atoms with van der Waals surface area (Å²) in [7, 11) is -0.369. The van der Waals surface area contributed by atoms with E-state index in [1.165, 1.54) is 0 Å². The van der Waals surface area contributed by atoms with Crippen molar-refractivity contribution in [1.82, 2.24) is 14.6 Å². The van der Waals surface area contributed by atoms with Gasteiger partial charge in [-0.3, -0.25) is 0 Å². The highest BCUT2D eigenvalue weighted by Gasteiger charge is 2.55. The number of hydrogen-bond acceptors (Lipinski definition) is 7. The van der Waals surface area contributed by atoms with E-state index in [1.54, 1.807) is 7.11 Å². The van der Waals surface area contributed by atoms with Crippen LogP contribution in [0.5, 0.6) is 11.6 Å². The fraction of sp³-hybridized carbons (Fsp3) is 0.500. The molecule has 254 valence electrons. The molecule has 1 aromatic carbocycles. The lowest BCUT2D eigenvalue weighted by atomic mass is 9.52. The van der Waals surface area contributed by atoms with Crippen molar-refractivity contribution in [3.05, 3.63) is 66.1 Å².